The number of aliphatic hydroxyl groups excluding tert-OH is 2. The molecule has 0 saturated carbocycles. The van der Waals surface area contributed by atoms with Crippen LogP contribution in [-0.4, -0.2) is 61.8 Å². The summed E-state index contributed by atoms with van der Waals surface area (Å²) in [4.78, 5) is 4.50. The van der Waals surface area contributed by atoms with Gasteiger partial charge in [-0.05, 0) is 73.2 Å². The van der Waals surface area contributed by atoms with Gasteiger partial charge in [0.15, 0.2) is 0 Å². The lowest BCUT2D eigenvalue weighted by molar-refractivity contribution is 0.110. The van der Waals surface area contributed by atoms with E-state index in [-0.39, 0.29) is 13.2 Å². The number of benzene rings is 3. The molecule has 0 saturated heterocycles. The minimum Gasteiger partial charge on any atom is -0.491 e. The average Bonchev–Trinajstić information content (AvgIpc) is 2.92. The number of nitrogens with zero attached hydrogens (tertiary/aromatic N) is 2. The molecule has 0 amide bonds. The molecule has 190 valence electrons. The van der Waals surface area contributed by atoms with E-state index in [2.05, 4.69) is 58.3 Å². The standard InChI is InChI=1S/C30H36N2O4/c33-25(19-31-17-5-9-23-7-1-3-11-29(23)31)21-35-27-13-15-28(16-14-27)36-22-26(34)20-32-18-6-10-24-8-2-4-12-30(24)32/h1-4,7-8,11-16,25-26,33-34H,5-6,9-10,17-22H2/t25-,26+. The van der Waals surface area contributed by atoms with E-state index >= 15 is 0 Å². The lowest BCUT2D eigenvalue weighted by Gasteiger charge is -2.32. The molecule has 2 aliphatic rings. The molecule has 2 N–H and O–H groups in total. The van der Waals surface area contributed by atoms with Gasteiger partial charge in [-0.15, -0.1) is 0 Å². The zero-order chi connectivity index (χ0) is 24.7. The van der Waals surface area contributed by atoms with Crippen molar-refractivity contribution in [3.05, 3.63) is 83.9 Å². The summed E-state index contributed by atoms with van der Waals surface area (Å²) in [5.74, 6) is 1.37. The number of β-amino-alcohol motifs (C(OH)–C–C–N with tert-alkyl or cyclic N) is 2. The van der Waals surface area contributed by atoms with Gasteiger partial charge in [-0.25, -0.2) is 0 Å². The molecule has 2 aliphatic heterocycles. The summed E-state index contributed by atoms with van der Waals surface area (Å²) in [6.07, 6.45) is 3.23. The monoisotopic (exact) mass is 488 g/mol. The van der Waals surface area contributed by atoms with Gasteiger partial charge >= 0.3 is 0 Å². The molecule has 5 rings (SSSR count). The van der Waals surface area contributed by atoms with Gasteiger partial charge in [0.25, 0.3) is 0 Å². The fourth-order valence-corrected chi connectivity index (χ4v) is 5.23. The molecule has 0 aliphatic carbocycles. The molecule has 0 aromatic heterocycles. The van der Waals surface area contributed by atoms with Crippen LogP contribution in [0.1, 0.15) is 24.0 Å². The van der Waals surface area contributed by atoms with Crippen molar-refractivity contribution in [3.63, 3.8) is 0 Å². The Morgan fingerprint density at radius 2 is 1.03 bits per heavy atom. The van der Waals surface area contributed by atoms with E-state index in [1.54, 1.807) is 0 Å². The molecule has 0 radical (unpaired) electrons. The maximum Gasteiger partial charge on any atom is 0.119 e. The highest BCUT2D eigenvalue weighted by molar-refractivity contribution is 5.56. The molecule has 2 atom stereocenters. The molecular formula is C30H36N2O4. The highest BCUT2D eigenvalue weighted by Gasteiger charge is 2.20. The first-order valence-electron chi connectivity index (χ1n) is 13.0. The third-order valence-electron chi connectivity index (χ3n) is 6.98. The number of hydrogen-bond acceptors (Lipinski definition) is 6. The van der Waals surface area contributed by atoms with E-state index in [0.29, 0.717) is 24.6 Å². The van der Waals surface area contributed by atoms with Crippen molar-refractivity contribution in [1.82, 2.24) is 0 Å². The van der Waals surface area contributed by atoms with Crippen LogP contribution < -0.4 is 19.3 Å². The molecule has 0 fully saturated rings. The number of aliphatic hydroxyl groups is 2. The van der Waals surface area contributed by atoms with Crippen LogP contribution in [0.5, 0.6) is 11.5 Å². The second-order valence-corrected chi connectivity index (χ2v) is 9.76. The predicted molar refractivity (Wildman–Crippen MR) is 143 cm³/mol. The van der Waals surface area contributed by atoms with E-state index < -0.39 is 12.2 Å². The number of fused-ring (bicyclic) bond motifs is 2. The molecule has 3 aromatic carbocycles. The van der Waals surface area contributed by atoms with Crippen LogP contribution in [0.4, 0.5) is 11.4 Å². The summed E-state index contributed by atoms with van der Waals surface area (Å²) in [7, 11) is 0. The second-order valence-electron chi connectivity index (χ2n) is 9.76. The summed E-state index contributed by atoms with van der Waals surface area (Å²) in [6.45, 7) is 3.48. The van der Waals surface area contributed by atoms with Crippen molar-refractivity contribution in [3.8, 4) is 11.5 Å². The van der Waals surface area contributed by atoms with E-state index in [1.165, 1.54) is 22.5 Å². The van der Waals surface area contributed by atoms with Crippen LogP contribution in [0, 0.1) is 0 Å². The Labute approximate surface area is 213 Å². The first kappa shape index (κ1) is 24.5. The molecule has 2 heterocycles. The number of hydrogen-bond donors (Lipinski definition) is 2. The Hall–Kier alpha value is -3.22. The van der Waals surface area contributed by atoms with Crippen molar-refractivity contribution in [2.75, 3.05) is 49.2 Å². The molecule has 6 nitrogen and oxygen atoms in total. The van der Waals surface area contributed by atoms with Gasteiger partial charge in [-0.3, -0.25) is 0 Å². The van der Waals surface area contributed by atoms with E-state index in [0.717, 1.165) is 38.8 Å². The third-order valence-corrected chi connectivity index (χ3v) is 6.98. The SMILES string of the molecule is O[C@H](COc1ccc(OC[C@H](O)CN2CCCc3ccccc32)cc1)CN1CCCc2ccccc21. The van der Waals surface area contributed by atoms with Crippen LogP contribution >= 0.6 is 0 Å². The van der Waals surface area contributed by atoms with Gasteiger partial charge in [-0.1, -0.05) is 36.4 Å². The minimum absolute atomic E-state index is 0.231. The van der Waals surface area contributed by atoms with Crippen molar-refractivity contribution in [2.45, 2.75) is 37.9 Å². The van der Waals surface area contributed by atoms with Crippen molar-refractivity contribution in [1.29, 1.82) is 0 Å². The maximum atomic E-state index is 10.6. The highest BCUT2D eigenvalue weighted by Crippen LogP contribution is 2.28. The van der Waals surface area contributed by atoms with Crippen LogP contribution in [0.15, 0.2) is 72.8 Å². The normalized spacial score (nSPS) is 16.6. The zero-order valence-corrected chi connectivity index (χ0v) is 20.8. The van der Waals surface area contributed by atoms with Crippen LogP contribution in [0.2, 0.25) is 0 Å². The molecule has 6 heteroatoms. The number of rotatable bonds is 10. The van der Waals surface area contributed by atoms with E-state index in [1.807, 2.05) is 24.3 Å². The van der Waals surface area contributed by atoms with Gasteiger partial charge in [-0.2, -0.15) is 0 Å². The average molecular weight is 489 g/mol. The van der Waals surface area contributed by atoms with Gasteiger partial charge < -0.3 is 29.5 Å². The Bertz CT molecular complexity index is 1030. The molecule has 0 unspecified atom stereocenters. The number of ether oxygens (including phenoxy) is 2. The summed E-state index contributed by atoms with van der Waals surface area (Å²) in [5.41, 5.74) is 5.13. The Morgan fingerprint density at radius 1 is 0.611 bits per heavy atom. The van der Waals surface area contributed by atoms with Gasteiger partial charge in [0.05, 0.1) is 0 Å². The van der Waals surface area contributed by atoms with Gasteiger partial charge in [0, 0.05) is 37.6 Å². The number of anilines is 2. The van der Waals surface area contributed by atoms with Crippen LogP contribution in [-0.2, 0) is 12.8 Å². The van der Waals surface area contributed by atoms with Crippen molar-refractivity contribution in [2.24, 2.45) is 0 Å². The summed E-state index contributed by atoms with van der Waals surface area (Å²) >= 11 is 0. The Morgan fingerprint density at radius 3 is 1.47 bits per heavy atom. The molecule has 0 bridgehead atoms. The summed E-state index contributed by atoms with van der Waals surface area (Å²) in [6, 6.07) is 24.2. The second kappa shape index (κ2) is 11.7. The van der Waals surface area contributed by atoms with Gasteiger partial charge in [0.2, 0.25) is 0 Å². The molecule has 36 heavy (non-hydrogen) atoms. The first-order valence-corrected chi connectivity index (χ1v) is 13.0. The third kappa shape index (κ3) is 6.12. The molecular weight excluding hydrogens is 452 g/mol. The van der Waals surface area contributed by atoms with E-state index in [9.17, 15) is 10.2 Å². The Kier molecular flexibility index (Phi) is 7.94. The Balaban J connectivity index is 1.05. The summed E-state index contributed by atoms with van der Waals surface area (Å²) in [5, 5.41) is 21.1. The fraction of sp³-hybridized carbons (Fsp3) is 0.400. The largest absolute Gasteiger partial charge is 0.491 e. The topological polar surface area (TPSA) is 65.4 Å². The van der Waals surface area contributed by atoms with Crippen molar-refractivity contribution >= 4 is 11.4 Å². The number of para-hydroxylation sites is 2. The highest BCUT2D eigenvalue weighted by atomic mass is 16.5. The zero-order valence-electron chi connectivity index (χ0n) is 20.8. The first-order chi connectivity index (χ1) is 17.7. The van der Waals surface area contributed by atoms with Crippen molar-refractivity contribution < 1.29 is 19.7 Å². The smallest absolute Gasteiger partial charge is 0.119 e. The summed E-state index contributed by atoms with van der Waals surface area (Å²) < 4.78 is 11.6. The van der Waals surface area contributed by atoms with Gasteiger partial charge in [0.1, 0.15) is 36.9 Å². The predicted octanol–water partition coefficient (Wildman–Crippen LogP) is 4.07. The maximum absolute atomic E-state index is 10.6. The van der Waals surface area contributed by atoms with Crippen LogP contribution in [0.25, 0.3) is 0 Å². The quantitative estimate of drug-likeness (QED) is 0.449. The van der Waals surface area contributed by atoms with Crippen LogP contribution in [0.3, 0.4) is 0 Å². The van der Waals surface area contributed by atoms with E-state index in [4.69, 9.17) is 9.47 Å². The lowest BCUT2D eigenvalue weighted by atomic mass is 10.0. The lowest BCUT2D eigenvalue weighted by Crippen LogP contribution is -2.38. The minimum atomic E-state index is -0.581. The molecule has 0 spiro atoms. The fourth-order valence-electron chi connectivity index (χ4n) is 5.23. The molecule has 3 aromatic rings. The number of aryl methyl sites for hydroxylation is 2.